The van der Waals surface area contributed by atoms with Gasteiger partial charge in [-0.1, -0.05) is 12.1 Å². The topological polar surface area (TPSA) is 47.6 Å². The maximum absolute atomic E-state index is 13.6. The summed E-state index contributed by atoms with van der Waals surface area (Å²) < 4.78 is 37.5. The van der Waals surface area contributed by atoms with Crippen LogP contribution in [0.15, 0.2) is 42.0 Å². The highest BCUT2D eigenvalue weighted by molar-refractivity contribution is 6.06. The van der Waals surface area contributed by atoms with Crippen molar-refractivity contribution >= 4 is 17.7 Å². The third-order valence-corrected chi connectivity index (χ3v) is 3.35. The van der Waals surface area contributed by atoms with Crippen LogP contribution in [0.5, 0.6) is 11.5 Å². The van der Waals surface area contributed by atoms with Gasteiger partial charge in [0, 0.05) is 5.57 Å². The Hall–Kier alpha value is -2.89. The van der Waals surface area contributed by atoms with E-state index in [0.29, 0.717) is 17.1 Å². The minimum atomic E-state index is -0.831. The minimum absolute atomic E-state index is 0.282. The number of hydrogen-bond donors (Lipinski definition) is 1. The number of para-hydroxylation sites is 1. The molecule has 2 rings (SSSR count). The lowest BCUT2D eigenvalue weighted by Gasteiger charge is -2.09. The fourth-order valence-electron chi connectivity index (χ4n) is 2.09. The van der Waals surface area contributed by atoms with E-state index < -0.39 is 23.2 Å². The lowest BCUT2D eigenvalue weighted by Crippen LogP contribution is -2.15. The van der Waals surface area contributed by atoms with E-state index in [0.717, 1.165) is 12.1 Å². The van der Waals surface area contributed by atoms with Gasteiger partial charge in [0.1, 0.15) is 17.3 Å². The Morgan fingerprint density at radius 3 is 2.25 bits per heavy atom. The number of anilines is 1. The van der Waals surface area contributed by atoms with Crippen molar-refractivity contribution in [3.05, 3.63) is 59.2 Å². The van der Waals surface area contributed by atoms with Gasteiger partial charge in [-0.2, -0.15) is 0 Å². The van der Waals surface area contributed by atoms with Gasteiger partial charge in [-0.05, 0) is 42.8 Å². The van der Waals surface area contributed by atoms with Crippen molar-refractivity contribution in [2.45, 2.75) is 6.92 Å². The fraction of sp³-hybridized carbons (Fsp3) is 0.167. The largest absolute Gasteiger partial charge is 0.493 e. The molecule has 2 aromatic carbocycles. The predicted molar refractivity (Wildman–Crippen MR) is 88.2 cm³/mol. The number of methoxy groups -OCH3 is 2. The van der Waals surface area contributed by atoms with E-state index in [2.05, 4.69) is 5.32 Å². The monoisotopic (exact) mass is 333 g/mol. The molecule has 0 aromatic heterocycles. The second-order valence-electron chi connectivity index (χ2n) is 4.99. The van der Waals surface area contributed by atoms with Crippen LogP contribution in [-0.2, 0) is 4.79 Å². The summed E-state index contributed by atoms with van der Waals surface area (Å²) in [5.74, 6) is -1.19. The lowest BCUT2D eigenvalue weighted by atomic mass is 10.1. The van der Waals surface area contributed by atoms with Gasteiger partial charge in [0.2, 0.25) is 0 Å². The number of hydrogen-bond acceptors (Lipinski definition) is 3. The zero-order chi connectivity index (χ0) is 17.7. The van der Waals surface area contributed by atoms with E-state index in [1.807, 2.05) is 0 Å². The maximum atomic E-state index is 13.6. The van der Waals surface area contributed by atoms with E-state index in [1.165, 1.54) is 20.3 Å². The highest BCUT2D eigenvalue weighted by Gasteiger charge is 2.13. The summed E-state index contributed by atoms with van der Waals surface area (Å²) in [5.41, 5.74) is 0.502. The van der Waals surface area contributed by atoms with Crippen molar-refractivity contribution in [2.75, 3.05) is 19.5 Å². The quantitative estimate of drug-likeness (QED) is 0.841. The summed E-state index contributed by atoms with van der Waals surface area (Å²) in [6.45, 7) is 1.55. The molecule has 0 fully saturated rings. The molecule has 0 heterocycles. The highest BCUT2D eigenvalue weighted by atomic mass is 19.1. The summed E-state index contributed by atoms with van der Waals surface area (Å²) in [6.07, 6.45) is 1.58. The van der Waals surface area contributed by atoms with E-state index in [9.17, 15) is 13.6 Å². The van der Waals surface area contributed by atoms with Crippen molar-refractivity contribution in [2.24, 2.45) is 0 Å². The summed E-state index contributed by atoms with van der Waals surface area (Å²) in [5, 5.41) is 2.24. The maximum Gasteiger partial charge on any atom is 0.251 e. The molecule has 126 valence electrons. The van der Waals surface area contributed by atoms with Gasteiger partial charge in [-0.25, -0.2) is 8.78 Å². The van der Waals surface area contributed by atoms with Gasteiger partial charge < -0.3 is 14.8 Å². The first-order valence-electron chi connectivity index (χ1n) is 7.12. The van der Waals surface area contributed by atoms with E-state index in [4.69, 9.17) is 9.47 Å². The molecule has 0 aliphatic heterocycles. The Bertz CT molecular complexity index is 768. The first kappa shape index (κ1) is 17.5. The molecule has 4 nitrogen and oxygen atoms in total. The van der Waals surface area contributed by atoms with Crippen LogP contribution in [-0.4, -0.2) is 20.1 Å². The number of nitrogens with one attached hydrogen (secondary N) is 1. The SMILES string of the molecule is COc1ccc(/C=C(\C)C(=O)Nc2c(F)cccc2F)cc1OC. The number of carbonyl (C=O) groups is 1. The normalized spacial score (nSPS) is 11.1. The number of halogens is 2. The molecule has 2 aromatic rings. The van der Waals surface area contributed by atoms with E-state index in [-0.39, 0.29) is 5.57 Å². The number of benzene rings is 2. The summed E-state index contributed by atoms with van der Waals surface area (Å²) in [4.78, 5) is 12.1. The molecular weight excluding hydrogens is 316 g/mol. The molecule has 6 heteroatoms. The first-order chi connectivity index (χ1) is 11.5. The third-order valence-electron chi connectivity index (χ3n) is 3.35. The first-order valence-corrected chi connectivity index (χ1v) is 7.12. The average Bonchev–Trinajstić information content (AvgIpc) is 2.57. The molecular formula is C18H17F2NO3. The summed E-state index contributed by atoms with van der Waals surface area (Å²) >= 11 is 0. The lowest BCUT2D eigenvalue weighted by molar-refractivity contribution is -0.112. The van der Waals surface area contributed by atoms with E-state index >= 15 is 0 Å². The van der Waals surface area contributed by atoms with Crippen LogP contribution >= 0.6 is 0 Å². The number of rotatable bonds is 5. The highest BCUT2D eigenvalue weighted by Crippen LogP contribution is 2.28. The minimum Gasteiger partial charge on any atom is -0.493 e. The van der Waals surface area contributed by atoms with Crippen LogP contribution in [0, 0.1) is 11.6 Å². The third kappa shape index (κ3) is 3.90. The summed E-state index contributed by atoms with van der Waals surface area (Å²) in [7, 11) is 3.03. The van der Waals surface area contributed by atoms with Crippen molar-refractivity contribution in [1.29, 1.82) is 0 Å². The van der Waals surface area contributed by atoms with Crippen molar-refractivity contribution < 1.29 is 23.0 Å². The van der Waals surface area contributed by atoms with Crippen molar-refractivity contribution in [1.82, 2.24) is 0 Å². The number of ether oxygens (including phenoxy) is 2. The molecule has 0 saturated heterocycles. The van der Waals surface area contributed by atoms with Crippen LogP contribution < -0.4 is 14.8 Å². The van der Waals surface area contributed by atoms with Crippen LogP contribution in [0.4, 0.5) is 14.5 Å². The standard InChI is InChI=1S/C18H17F2NO3/c1-11(9-12-7-8-15(23-2)16(10-12)24-3)18(22)21-17-13(19)5-4-6-14(17)20/h4-10H,1-3H3,(H,21,22)/b11-9+. The zero-order valence-corrected chi connectivity index (χ0v) is 13.5. The van der Waals surface area contributed by atoms with Gasteiger partial charge in [0.15, 0.2) is 11.5 Å². The smallest absolute Gasteiger partial charge is 0.251 e. The van der Waals surface area contributed by atoms with Gasteiger partial charge in [-0.15, -0.1) is 0 Å². The molecule has 0 aliphatic carbocycles. The van der Waals surface area contributed by atoms with Crippen LogP contribution in [0.1, 0.15) is 12.5 Å². The molecule has 0 unspecified atom stereocenters. The van der Waals surface area contributed by atoms with Crippen molar-refractivity contribution in [3.8, 4) is 11.5 Å². The van der Waals surface area contributed by atoms with Crippen molar-refractivity contribution in [3.63, 3.8) is 0 Å². The molecule has 0 radical (unpaired) electrons. The second kappa shape index (κ2) is 7.59. The molecule has 0 aliphatic rings. The Labute approximate surface area is 138 Å². The summed E-state index contributed by atoms with van der Waals surface area (Å²) in [6, 6.07) is 8.51. The molecule has 24 heavy (non-hydrogen) atoms. The zero-order valence-electron chi connectivity index (χ0n) is 13.5. The van der Waals surface area contributed by atoms with Crippen LogP contribution in [0.25, 0.3) is 6.08 Å². The molecule has 0 atom stereocenters. The Kier molecular flexibility index (Phi) is 5.52. The van der Waals surface area contributed by atoms with Crippen LogP contribution in [0.3, 0.4) is 0 Å². The van der Waals surface area contributed by atoms with Crippen LogP contribution in [0.2, 0.25) is 0 Å². The Morgan fingerprint density at radius 2 is 1.67 bits per heavy atom. The van der Waals surface area contributed by atoms with Gasteiger partial charge >= 0.3 is 0 Å². The van der Waals surface area contributed by atoms with E-state index in [1.54, 1.807) is 31.2 Å². The van der Waals surface area contributed by atoms with Gasteiger partial charge in [-0.3, -0.25) is 4.79 Å². The Balaban J connectivity index is 2.23. The average molecular weight is 333 g/mol. The number of carbonyl (C=O) groups excluding carboxylic acids is 1. The number of amides is 1. The van der Waals surface area contributed by atoms with Gasteiger partial charge in [0.05, 0.1) is 14.2 Å². The predicted octanol–water partition coefficient (Wildman–Crippen LogP) is 4.02. The van der Waals surface area contributed by atoms with Gasteiger partial charge in [0.25, 0.3) is 5.91 Å². The Morgan fingerprint density at radius 1 is 1.04 bits per heavy atom. The fourth-order valence-corrected chi connectivity index (χ4v) is 2.09. The molecule has 0 saturated carbocycles. The second-order valence-corrected chi connectivity index (χ2v) is 4.99. The molecule has 1 N–H and O–H groups in total. The molecule has 0 bridgehead atoms. The molecule has 1 amide bonds. The molecule has 0 spiro atoms.